The highest BCUT2D eigenvalue weighted by molar-refractivity contribution is 7.99. The first-order valence-corrected chi connectivity index (χ1v) is 7.71. The van der Waals surface area contributed by atoms with E-state index in [1.54, 1.807) is 0 Å². The highest BCUT2D eigenvalue weighted by atomic mass is 32.2. The van der Waals surface area contributed by atoms with Crippen LogP contribution in [0.3, 0.4) is 0 Å². The number of aromatic nitrogens is 3. The zero-order chi connectivity index (χ0) is 14.7. The predicted molar refractivity (Wildman–Crippen MR) is 81.1 cm³/mol. The van der Waals surface area contributed by atoms with Crippen LogP contribution >= 0.6 is 11.8 Å². The molecule has 110 valence electrons. The van der Waals surface area contributed by atoms with Crippen molar-refractivity contribution in [3.8, 4) is 0 Å². The highest BCUT2D eigenvalue weighted by Crippen LogP contribution is 2.25. The molecule has 2 unspecified atom stereocenters. The lowest BCUT2D eigenvalue weighted by Gasteiger charge is -2.15. The lowest BCUT2D eigenvalue weighted by atomic mass is 10.0. The van der Waals surface area contributed by atoms with Crippen LogP contribution in [0.25, 0.3) is 0 Å². The van der Waals surface area contributed by atoms with E-state index in [0.29, 0.717) is 0 Å². The molecule has 3 N–H and O–H groups in total. The number of rotatable bonds is 4. The number of nitrogens with one attached hydrogen (secondary N) is 3. The number of aromatic amines is 1. The van der Waals surface area contributed by atoms with Crippen molar-refractivity contribution in [2.45, 2.75) is 29.4 Å². The van der Waals surface area contributed by atoms with E-state index in [2.05, 4.69) is 25.8 Å². The SMILES string of the molecule is CC1NCCC1C(=O)Nc1ccc(Sc2ncn[nH]2)cc1. The Labute approximate surface area is 127 Å². The van der Waals surface area contributed by atoms with Crippen LogP contribution in [-0.4, -0.2) is 33.7 Å². The van der Waals surface area contributed by atoms with Crippen LogP contribution < -0.4 is 10.6 Å². The topological polar surface area (TPSA) is 82.7 Å². The van der Waals surface area contributed by atoms with Crippen molar-refractivity contribution in [2.24, 2.45) is 5.92 Å². The maximum absolute atomic E-state index is 12.2. The van der Waals surface area contributed by atoms with Crippen molar-refractivity contribution in [3.63, 3.8) is 0 Å². The molecule has 1 fully saturated rings. The lowest BCUT2D eigenvalue weighted by molar-refractivity contribution is -0.119. The number of nitrogens with zero attached hydrogens (tertiary/aromatic N) is 2. The fraction of sp³-hybridized carbons (Fsp3) is 0.357. The maximum atomic E-state index is 12.2. The van der Waals surface area contributed by atoms with E-state index in [1.807, 2.05) is 31.2 Å². The van der Waals surface area contributed by atoms with Crippen molar-refractivity contribution in [1.82, 2.24) is 20.5 Å². The summed E-state index contributed by atoms with van der Waals surface area (Å²) in [5.41, 5.74) is 0.820. The van der Waals surface area contributed by atoms with E-state index in [9.17, 15) is 4.79 Å². The third kappa shape index (κ3) is 3.43. The zero-order valence-corrected chi connectivity index (χ0v) is 12.5. The smallest absolute Gasteiger partial charge is 0.229 e. The molecule has 0 saturated carbocycles. The molecule has 1 aliphatic heterocycles. The van der Waals surface area contributed by atoms with Gasteiger partial charge in [0.2, 0.25) is 5.91 Å². The third-order valence-electron chi connectivity index (χ3n) is 3.59. The summed E-state index contributed by atoms with van der Waals surface area (Å²) in [7, 11) is 0. The van der Waals surface area contributed by atoms with Gasteiger partial charge >= 0.3 is 0 Å². The van der Waals surface area contributed by atoms with E-state index in [-0.39, 0.29) is 17.9 Å². The Kier molecular flexibility index (Phi) is 4.21. The van der Waals surface area contributed by atoms with Gasteiger partial charge in [0.1, 0.15) is 6.33 Å². The standard InChI is InChI=1S/C14H17N5OS/c1-9-12(6-7-15-9)13(20)18-10-2-4-11(5-3-10)21-14-16-8-17-19-14/h2-5,8-9,12,15H,6-7H2,1H3,(H,18,20)(H,16,17,19). The molecular weight excluding hydrogens is 286 g/mol. The molecule has 6 nitrogen and oxygen atoms in total. The Morgan fingerprint density at radius 1 is 1.38 bits per heavy atom. The molecule has 1 saturated heterocycles. The number of carbonyl (C=O) groups is 1. The third-order valence-corrected chi connectivity index (χ3v) is 4.49. The zero-order valence-electron chi connectivity index (χ0n) is 11.7. The summed E-state index contributed by atoms with van der Waals surface area (Å²) in [6, 6.07) is 7.97. The van der Waals surface area contributed by atoms with Gasteiger partial charge in [-0.05, 0) is 44.2 Å². The molecule has 7 heteroatoms. The minimum absolute atomic E-state index is 0.0493. The second kappa shape index (κ2) is 6.28. The van der Waals surface area contributed by atoms with Gasteiger partial charge in [-0.1, -0.05) is 11.8 Å². The first-order chi connectivity index (χ1) is 10.2. The van der Waals surface area contributed by atoms with Crippen LogP contribution in [0.2, 0.25) is 0 Å². The fourth-order valence-corrected chi connectivity index (χ4v) is 3.11. The van der Waals surface area contributed by atoms with Gasteiger partial charge in [-0.15, -0.1) is 0 Å². The minimum atomic E-state index is 0.0493. The van der Waals surface area contributed by atoms with Gasteiger partial charge in [-0.25, -0.2) is 4.98 Å². The monoisotopic (exact) mass is 303 g/mol. The van der Waals surface area contributed by atoms with Crippen molar-refractivity contribution in [2.75, 3.05) is 11.9 Å². The average Bonchev–Trinajstić information content (AvgIpc) is 3.12. The van der Waals surface area contributed by atoms with Crippen LogP contribution in [0.1, 0.15) is 13.3 Å². The number of anilines is 1. The van der Waals surface area contributed by atoms with Gasteiger partial charge in [-0.2, -0.15) is 5.10 Å². The summed E-state index contributed by atoms with van der Waals surface area (Å²) >= 11 is 1.50. The molecule has 0 aliphatic carbocycles. The van der Waals surface area contributed by atoms with Gasteiger partial charge in [0.15, 0.2) is 5.16 Å². The molecule has 2 atom stereocenters. The largest absolute Gasteiger partial charge is 0.326 e. The minimum Gasteiger partial charge on any atom is -0.326 e. The van der Waals surface area contributed by atoms with Crippen LogP contribution in [0.4, 0.5) is 5.69 Å². The van der Waals surface area contributed by atoms with E-state index in [4.69, 9.17) is 0 Å². The molecule has 21 heavy (non-hydrogen) atoms. The summed E-state index contributed by atoms with van der Waals surface area (Å²) in [5, 5.41) is 13.6. The van der Waals surface area contributed by atoms with Crippen LogP contribution in [0, 0.1) is 5.92 Å². The first kappa shape index (κ1) is 14.1. The molecule has 3 rings (SSSR count). The van der Waals surface area contributed by atoms with Gasteiger partial charge in [-0.3, -0.25) is 9.89 Å². The molecule has 1 aliphatic rings. The molecule has 2 aromatic rings. The summed E-state index contributed by atoms with van der Waals surface area (Å²) in [4.78, 5) is 17.3. The van der Waals surface area contributed by atoms with E-state index < -0.39 is 0 Å². The van der Waals surface area contributed by atoms with Crippen molar-refractivity contribution in [3.05, 3.63) is 30.6 Å². The van der Waals surface area contributed by atoms with Crippen LogP contribution in [-0.2, 0) is 4.79 Å². The van der Waals surface area contributed by atoms with E-state index >= 15 is 0 Å². The molecule has 0 bridgehead atoms. The number of carbonyl (C=O) groups excluding carboxylic acids is 1. The number of H-pyrrole nitrogens is 1. The molecule has 1 aromatic heterocycles. The summed E-state index contributed by atoms with van der Waals surface area (Å²) in [6.45, 7) is 2.96. The van der Waals surface area contributed by atoms with Crippen molar-refractivity contribution >= 4 is 23.4 Å². The van der Waals surface area contributed by atoms with Crippen molar-refractivity contribution < 1.29 is 4.79 Å². The number of hydrogen-bond acceptors (Lipinski definition) is 5. The molecule has 2 heterocycles. The molecule has 0 spiro atoms. The molecular formula is C14H17N5OS. The summed E-state index contributed by atoms with van der Waals surface area (Å²) in [6.07, 6.45) is 2.38. The van der Waals surface area contributed by atoms with E-state index in [0.717, 1.165) is 28.7 Å². The number of hydrogen-bond donors (Lipinski definition) is 3. The van der Waals surface area contributed by atoms with Gasteiger partial charge in [0.05, 0.1) is 5.92 Å². The predicted octanol–water partition coefficient (Wildman–Crippen LogP) is 1.89. The number of amides is 1. The van der Waals surface area contributed by atoms with Crippen LogP contribution in [0.5, 0.6) is 0 Å². The first-order valence-electron chi connectivity index (χ1n) is 6.90. The van der Waals surface area contributed by atoms with Crippen LogP contribution in [0.15, 0.2) is 40.6 Å². The molecule has 1 aromatic carbocycles. The second-order valence-electron chi connectivity index (χ2n) is 5.04. The second-order valence-corrected chi connectivity index (χ2v) is 6.11. The Bertz CT molecular complexity index is 598. The Morgan fingerprint density at radius 2 is 2.19 bits per heavy atom. The Balaban J connectivity index is 1.60. The average molecular weight is 303 g/mol. The lowest BCUT2D eigenvalue weighted by Crippen LogP contribution is -2.32. The molecule has 1 amide bonds. The van der Waals surface area contributed by atoms with Gasteiger partial charge in [0.25, 0.3) is 0 Å². The summed E-state index contributed by atoms with van der Waals surface area (Å²) < 4.78 is 0. The Morgan fingerprint density at radius 3 is 2.81 bits per heavy atom. The van der Waals surface area contributed by atoms with Crippen molar-refractivity contribution in [1.29, 1.82) is 0 Å². The Hall–Kier alpha value is -1.86. The van der Waals surface area contributed by atoms with Gasteiger partial charge in [0, 0.05) is 16.6 Å². The quantitative estimate of drug-likeness (QED) is 0.803. The maximum Gasteiger partial charge on any atom is 0.229 e. The fourth-order valence-electron chi connectivity index (χ4n) is 2.41. The summed E-state index contributed by atoms with van der Waals surface area (Å²) in [5.74, 6) is 0.136. The van der Waals surface area contributed by atoms with Gasteiger partial charge < -0.3 is 10.6 Å². The molecule has 0 radical (unpaired) electrons. The normalized spacial score (nSPS) is 21.4. The highest BCUT2D eigenvalue weighted by Gasteiger charge is 2.29. The van der Waals surface area contributed by atoms with E-state index in [1.165, 1.54) is 18.1 Å². The number of benzene rings is 1.